The van der Waals surface area contributed by atoms with Gasteiger partial charge in [0, 0.05) is 13.1 Å². The van der Waals surface area contributed by atoms with Gasteiger partial charge in [-0.25, -0.2) is 0 Å². The summed E-state index contributed by atoms with van der Waals surface area (Å²) in [5, 5.41) is 24.4. The van der Waals surface area contributed by atoms with Crippen molar-refractivity contribution in [2.75, 3.05) is 13.1 Å². The lowest BCUT2D eigenvalue weighted by molar-refractivity contribution is 0.583. The summed E-state index contributed by atoms with van der Waals surface area (Å²) in [7, 11) is 0. The largest absolute Gasteiger partial charge is 0.311 e. The van der Waals surface area contributed by atoms with Gasteiger partial charge in [-0.05, 0) is 43.8 Å². The maximum absolute atomic E-state index is 4.49. The summed E-state index contributed by atoms with van der Waals surface area (Å²) in [6.45, 7) is 3.22. The van der Waals surface area contributed by atoms with Crippen molar-refractivity contribution in [3.63, 3.8) is 0 Å². The predicted octanol–water partition coefficient (Wildman–Crippen LogP) is 2.12. The van der Waals surface area contributed by atoms with Crippen LogP contribution in [0.15, 0.2) is 73.1 Å². The molecule has 4 rings (SSSR count). The molecular weight excluding hydrogens is 364 g/mol. The van der Waals surface area contributed by atoms with E-state index in [1.165, 1.54) is 0 Å². The topological polar surface area (TPSA) is 85.5 Å². The van der Waals surface area contributed by atoms with Crippen molar-refractivity contribution < 1.29 is 0 Å². The van der Waals surface area contributed by atoms with Gasteiger partial charge in [-0.15, -0.1) is 0 Å². The highest BCUT2D eigenvalue weighted by Crippen LogP contribution is 2.05. The van der Waals surface area contributed by atoms with Crippen molar-refractivity contribution >= 4 is 0 Å². The molecule has 0 saturated carbocycles. The molecule has 0 saturated heterocycles. The first-order chi connectivity index (χ1) is 14.4. The van der Waals surface area contributed by atoms with Crippen molar-refractivity contribution in [1.82, 2.24) is 40.6 Å². The van der Waals surface area contributed by atoms with Crippen LogP contribution < -0.4 is 10.6 Å². The van der Waals surface area contributed by atoms with Gasteiger partial charge in [-0.1, -0.05) is 36.4 Å². The van der Waals surface area contributed by atoms with Crippen LogP contribution in [0.4, 0.5) is 0 Å². The van der Waals surface area contributed by atoms with Gasteiger partial charge in [-0.2, -0.15) is 30.0 Å². The maximum Gasteiger partial charge on any atom is 0.0969 e. The quantitative estimate of drug-likeness (QED) is 0.405. The van der Waals surface area contributed by atoms with E-state index in [-0.39, 0.29) is 0 Å². The number of hydrogen-bond donors (Lipinski definition) is 2. The molecule has 0 aliphatic carbocycles. The van der Waals surface area contributed by atoms with Crippen LogP contribution in [0.5, 0.6) is 0 Å². The van der Waals surface area contributed by atoms with Gasteiger partial charge in [0.15, 0.2) is 0 Å². The zero-order valence-electron chi connectivity index (χ0n) is 16.1. The van der Waals surface area contributed by atoms with E-state index in [0.717, 1.165) is 42.3 Å². The van der Waals surface area contributed by atoms with E-state index in [9.17, 15) is 0 Å². The fourth-order valence-corrected chi connectivity index (χ4v) is 2.89. The van der Waals surface area contributed by atoms with Crippen molar-refractivity contribution in [1.29, 1.82) is 0 Å². The number of nitrogens with one attached hydrogen (secondary N) is 2. The molecule has 0 fully saturated rings. The Hall–Kier alpha value is -3.36. The van der Waals surface area contributed by atoms with E-state index in [1.54, 1.807) is 22.0 Å². The lowest BCUT2D eigenvalue weighted by Crippen LogP contribution is -2.22. The van der Waals surface area contributed by atoms with Gasteiger partial charge in [-0.3, -0.25) is 0 Å². The smallest absolute Gasteiger partial charge is 0.0969 e. The molecule has 0 radical (unpaired) electrons. The molecule has 4 aromatic rings. The Morgan fingerprint density at radius 1 is 0.621 bits per heavy atom. The summed E-state index contributed by atoms with van der Waals surface area (Å²) in [5.41, 5.74) is 3.79. The predicted molar refractivity (Wildman–Crippen MR) is 111 cm³/mol. The lowest BCUT2D eigenvalue weighted by Gasteiger charge is -2.04. The molecule has 8 heteroatoms. The van der Waals surface area contributed by atoms with Crippen molar-refractivity contribution in [2.24, 2.45) is 0 Å². The van der Waals surface area contributed by atoms with Crippen LogP contribution in [0, 0.1) is 0 Å². The van der Waals surface area contributed by atoms with Gasteiger partial charge in [0.1, 0.15) is 0 Å². The summed E-state index contributed by atoms with van der Waals surface area (Å²) in [4.78, 5) is 3.31. The summed E-state index contributed by atoms with van der Waals surface area (Å²) in [5.74, 6) is 0. The van der Waals surface area contributed by atoms with Crippen LogP contribution in [-0.2, 0) is 13.1 Å². The molecule has 2 N–H and O–H groups in total. The molecule has 148 valence electrons. The summed E-state index contributed by atoms with van der Waals surface area (Å²) >= 11 is 0. The molecule has 0 unspecified atom stereocenters. The highest BCUT2D eigenvalue weighted by Gasteiger charge is 2.03. The average Bonchev–Trinajstić information content (AvgIpc) is 3.44. The van der Waals surface area contributed by atoms with Gasteiger partial charge >= 0.3 is 0 Å². The molecule has 0 aliphatic heterocycles. The molecule has 2 heterocycles. The molecule has 29 heavy (non-hydrogen) atoms. The normalized spacial score (nSPS) is 11.0. The first-order valence-electron chi connectivity index (χ1n) is 9.73. The van der Waals surface area contributed by atoms with Crippen LogP contribution in [0.3, 0.4) is 0 Å². The van der Waals surface area contributed by atoms with Crippen LogP contribution in [0.2, 0.25) is 0 Å². The molecule has 0 atom stereocenters. The number of benzene rings is 2. The first-order valence-corrected chi connectivity index (χ1v) is 9.73. The first kappa shape index (κ1) is 19.0. The van der Waals surface area contributed by atoms with Crippen LogP contribution in [0.25, 0.3) is 11.4 Å². The van der Waals surface area contributed by atoms with Crippen LogP contribution >= 0.6 is 0 Å². The fraction of sp³-hybridized carbons (Fsp3) is 0.238. The Kier molecular flexibility index (Phi) is 6.36. The molecular formula is C21H24N8. The highest BCUT2D eigenvalue weighted by atomic mass is 15.5. The van der Waals surface area contributed by atoms with E-state index in [0.29, 0.717) is 13.1 Å². The summed E-state index contributed by atoms with van der Waals surface area (Å²) in [6.07, 6.45) is 4.61. The molecule has 0 spiro atoms. The summed E-state index contributed by atoms with van der Waals surface area (Å²) in [6, 6.07) is 19.8. The highest BCUT2D eigenvalue weighted by molar-refractivity contribution is 5.29. The lowest BCUT2D eigenvalue weighted by atomic mass is 10.3. The number of nitrogens with zero attached hydrogens (tertiary/aromatic N) is 6. The Morgan fingerprint density at radius 2 is 1.07 bits per heavy atom. The number of aromatic nitrogens is 6. The molecule has 2 aromatic carbocycles. The second kappa shape index (κ2) is 9.72. The third-order valence-electron chi connectivity index (χ3n) is 4.37. The monoisotopic (exact) mass is 388 g/mol. The Labute approximate surface area is 169 Å². The van der Waals surface area contributed by atoms with Crippen LogP contribution in [0.1, 0.15) is 17.8 Å². The SMILES string of the molecule is c1ccc(-n2ncc(CNCCCNCc3cnn(-c4ccccc4)n3)n2)cc1. The number of rotatable bonds is 10. The Balaban J connectivity index is 1.12. The van der Waals surface area contributed by atoms with E-state index in [2.05, 4.69) is 31.0 Å². The minimum absolute atomic E-state index is 0.707. The van der Waals surface area contributed by atoms with Crippen LogP contribution in [-0.4, -0.2) is 43.1 Å². The van der Waals surface area contributed by atoms with Crippen molar-refractivity contribution in [3.8, 4) is 11.4 Å². The minimum Gasteiger partial charge on any atom is -0.311 e. The zero-order valence-corrected chi connectivity index (χ0v) is 16.1. The second-order valence-electron chi connectivity index (χ2n) is 6.63. The zero-order chi connectivity index (χ0) is 19.7. The maximum atomic E-state index is 4.49. The number of hydrogen-bond acceptors (Lipinski definition) is 6. The van der Waals surface area contributed by atoms with E-state index in [1.807, 2.05) is 60.7 Å². The van der Waals surface area contributed by atoms with E-state index >= 15 is 0 Å². The van der Waals surface area contributed by atoms with E-state index < -0.39 is 0 Å². The second-order valence-corrected chi connectivity index (χ2v) is 6.63. The van der Waals surface area contributed by atoms with Gasteiger partial charge in [0.2, 0.25) is 0 Å². The Morgan fingerprint density at radius 3 is 1.52 bits per heavy atom. The molecule has 0 bridgehead atoms. The fourth-order valence-electron chi connectivity index (χ4n) is 2.89. The Bertz CT molecular complexity index is 912. The minimum atomic E-state index is 0.707. The third kappa shape index (κ3) is 5.34. The molecule has 2 aromatic heterocycles. The average molecular weight is 388 g/mol. The summed E-state index contributed by atoms with van der Waals surface area (Å²) < 4.78 is 0. The molecule has 0 amide bonds. The third-order valence-corrected chi connectivity index (χ3v) is 4.37. The van der Waals surface area contributed by atoms with E-state index in [4.69, 9.17) is 0 Å². The number of para-hydroxylation sites is 2. The van der Waals surface area contributed by atoms with Crippen molar-refractivity contribution in [3.05, 3.63) is 84.4 Å². The van der Waals surface area contributed by atoms with Gasteiger partial charge in [0.05, 0.1) is 35.2 Å². The van der Waals surface area contributed by atoms with Gasteiger partial charge in [0.25, 0.3) is 0 Å². The van der Waals surface area contributed by atoms with Crippen molar-refractivity contribution in [2.45, 2.75) is 19.5 Å². The standard InChI is InChI=1S/C21H24N8/c1-3-8-20(9-4-1)28-24-16-18(26-28)14-22-12-7-13-23-15-19-17-25-29(27-19)21-10-5-2-6-11-21/h1-6,8-11,16-17,22-23H,7,12-15H2. The van der Waals surface area contributed by atoms with Gasteiger partial charge < -0.3 is 10.6 Å². The molecule has 0 aliphatic rings. The molecule has 8 nitrogen and oxygen atoms in total.